The number of benzene rings is 1. The predicted octanol–water partition coefficient (Wildman–Crippen LogP) is 1.48. The standard InChI is InChI=1S/C15H18N2O4/c1-9-6-17(7-11(9)14(18)19)15(20)16-12-8-21-13-5-3-2-4-10(12)13/h2-5,9,11-12H,6-8H2,1H3,(H,16,20)(H,18,19)/t9-,11-,12?/m1/s1. The van der Waals surface area contributed by atoms with Crippen molar-refractivity contribution < 1.29 is 19.4 Å². The van der Waals surface area contributed by atoms with E-state index in [4.69, 9.17) is 9.84 Å². The van der Waals surface area contributed by atoms with Crippen LogP contribution in [-0.2, 0) is 4.79 Å². The molecule has 6 nitrogen and oxygen atoms in total. The van der Waals surface area contributed by atoms with Gasteiger partial charge in [0.2, 0.25) is 0 Å². The molecule has 1 aromatic carbocycles. The highest BCUT2D eigenvalue weighted by Gasteiger charge is 2.38. The van der Waals surface area contributed by atoms with Crippen molar-refractivity contribution in [3.8, 4) is 5.75 Å². The van der Waals surface area contributed by atoms with E-state index in [2.05, 4.69) is 5.32 Å². The molecule has 2 aliphatic heterocycles. The second-order valence-electron chi connectivity index (χ2n) is 5.68. The summed E-state index contributed by atoms with van der Waals surface area (Å²) in [7, 11) is 0. The number of aliphatic carboxylic acids is 1. The molecule has 1 unspecified atom stereocenters. The number of carboxylic acid groups (broad SMARTS) is 1. The Kier molecular flexibility index (Phi) is 3.45. The fraction of sp³-hybridized carbons (Fsp3) is 0.467. The zero-order valence-electron chi connectivity index (χ0n) is 11.8. The number of carbonyl (C=O) groups is 2. The number of ether oxygens (including phenoxy) is 1. The first-order valence-electron chi connectivity index (χ1n) is 7.06. The number of rotatable bonds is 2. The molecule has 6 heteroatoms. The average Bonchev–Trinajstić information content (AvgIpc) is 3.03. The molecule has 1 saturated heterocycles. The van der Waals surface area contributed by atoms with Crippen molar-refractivity contribution in [2.45, 2.75) is 13.0 Å². The van der Waals surface area contributed by atoms with Crippen LogP contribution in [0.2, 0.25) is 0 Å². The number of hydrogen-bond acceptors (Lipinski definition) is 3. The fourth-order valence-electron chi connectivity index (χ4n) is 2.98. The molecule has 3 rings (SSSR count). The van der Waals surface area contributed by atoms with Crippen LogP contribution in [0, 0.1) is 11.8 Å². The summed E-state index contributed by atoms with van der Waals surface area (Å²) in [5, 5.41) is 12.0. The highest BCUT2D eigenvalue weighted by molar-refractivity contribution is 5.78. The quantitative estimate of drug-likeness (QED) is 0.864. The van der Waals surface area contributed by atoms with Gasteiger partial charge >= 0.3 is 12.0 Å². The Balaban J connectivity index is 1.65. The van der Waals surface area contributed by atoms with Crippen molar-refractivity contribution in [2.75, 3.05) is 19.7 Å². The minimum Gasteiger partial charge on any atom is -0.491 e. The number of para-hydroxylation sites is 1. The van der Waals surface area contributed by atoms with Crippen molar-refractivity contribution in [2.24, 2.45) is 11.8 Å². The maximum Gasteiger partial charge on any atom is 0.318 e. The minimum absolute atomic E-state index is 0.0274. The lowest BCUT2D eigenvalue weighted by Crippen LogP contribution is -2.41. The van der Waals surface area contributed by atoms with Crippen molar-refractivity contribution in [3.63, 3.8) is 0 Å². The molecule has 21 heavy (non-hydrogen) atoms. The Bertz CT molecular complexity index is 575. The topological polar surface area (TPSA) is 78.9 Å². The smallest absolute Gasteiger partial charge is 0.318 e. The Hall–Kier alpha value is -2.24. The van der Waals surface area contributed by atoms with Crippen molar-refractivity contribution >= 4 is 12.0 Å². The molecule has 2 N–H and O–H groups in total. The van der Waals surface area contributed by atoms with Crippen molar-refractivity contribution in [3.05, 3.63) is 29.8 Å². The van der Waals surface area contributed by atoms with Crippen LogP contribution in [0.25, 0.3) is 0 Å². The molecule has 2 heterocycles. The molecule has 0 saturated carbocycles. The summed E-state index contributed by atoms with van der Waals surface area (Å²) in [5.41, 5.74) is 0.966. The van der Waals surface area contributed by atoms with Gasteiger partial charge in [-0.3, -0.25) is 4.79 Å². The van der Waals surface area contributed by atoms with E-state index in [9.17, 15) is 9.59 Å². The van der Waals surface area contributed by atoms with Gasteiger partial charge in [-0.1, -0.05) is 25.1 Å². The van der Waals surface area contributed by atoms with Crippen LogP contribution in [-0.4, -0.2) is 41.7 Å². The number of nitrogens with zero attached hydrogens (tertiary/aromatic N) is 1. The molecule has 1 aromatic rings. The van der Waals surface area contributed by atoms with Gasteiger partial charge in [0.05, 0.1) is 12.0 Å². The third-order valence-corrected chi connectivity index (χ3v) is 4.21. The zero-order chi connectivity index (χ0) is 15.0. The number of carboxylic acids is 1. The molecule has 0 bridgehead atoms. The fourth-order valence-corrected chi connectivity index (χ4v) is 2.98. The molecule has 2 aliphatic rings. The van der Waals surface area contributed by atoms with Crippen LogP contribution in [0.1, 0.15) is 18.5 Å². The first-order valence-corrected chi connectivity index (χ1v) is 7.06. The number of hydrogen-bond donors (Lipinski definition) is 2. The molecule has 112 valence electrons. The summed E-state index contributed by atoms with van der Waals surface area (Å²) in [6.45, 7) is 3.01. The van der Waals surface area contributed by atoms with Crippen molar-refractivity contribution in [1.82, 2.24) is 10.2 Å². The molecule has 0 aromatic heterocycles. The third-order valence-electron chi connectivity index (χ3n) is 4.21. The van der Waals surface area contributed by atoms with E-state index in [1.165, 1.54) is 0 Å². The Morgan fingerprint density at radius 3 is 2.81 bits per heavy atom. The molecular weight excluding hydrogens is 272 g/mol. The number of fused-ring (bicyclic) bond motifs is 1. The second-order valence-corrected chi connectivity index (χ2v) is 5.68. The van der Waals surface area contributed by atoms with Crippen LogP contribution < -0.4 is 10.1 Å². The highest BCUT2D eigenvalue weighted by Crippen LogP contribution is 2.32. The van der Waals surface area contributed by atoms with Gasteiger partial charge in [-0.25, -0.2) is 4.79 Å². The molecule has 0 radical (unpaired) electrons. The molecule has 3 atom stereocenters. The number of urea groups is 1. The van der Waals surface area contributed by atoms with Crippen LogP contribution in [0.5, 0.6) is 5.75 Å². The van der Waals surface area contributed by atoms with E-state index in [1.54, 1.807) is 4.90 Å². The zero-order valence-corrected chi connectivity index (χ0v) is 11.8. The van der Waals surface area contributed by atoms with Gasteiger partial charge in [0.15, 0.2) is 0 Å². The highest BCUT2D eigenvalue weighted by atomic mass is 16.5. The summed E-state index contributed by atoms with van der Waals surface area (Å²) >= 11 is 0. The second kappa shape index (κ2) is 5.27. The largest absolute Gasteiger partial charge is 0.491 e. The molecular formula is C15H18N2O4. The first kappa shape index (κ1) is 13.7. The van der Waals surface area contributed by atoms with E-state index in [0.29, 0.717) is 13.2 Å². The van der Waals surface area contributed by atoms with Crippen molar-refractivity contribution in [1.29, 1.82) is 0 Å². The monoisotopic (exact) mass is 290 g/mol. The maximum atomic E-state index is 12.3. The van der Waals surface area contributed by atoms with Gasteiger partial charge in [-0.05, 0) is 12.0 Å². The normalized spacial score (nSPS) is 27.1. The molecule has 0 spiro atoms. The summed E-state index contributed by atoms with van der Waals surface area (Å²) in [5.74, 6) is -0.559. The Labute approximate surface area is 122 Å². The maximum absolute atomic E-state index is 12.3. The van der Waals surface area contributed by atoms with E-state index in [-0.39, 0.29) is 24.5 Å². The first-order chi connectivity index (χ1) is 10.1. The minimum atomic E-state index is -0.840. The van der Waals surface area contributed by atoms with Crippen LogP contribution >= 0.6 is 0 Å². The van der Waals surface area contributed by atoms with Gasteiger partial charge in [-0.2, -0.15) is 0 Å². The van der Waals surface area contributed by atoms with Crippen LogP contribution in [0.4, 0.5) is 4.79 Å². The summed E-state index contributed by atoms with van der Waals surface area (Å²) < 4.78 is 5.53. The number of carbonyl (C=O) groups excluding carboxylic acids is 1. The van der Waals surface area contributed by atoms with Gasteiger partial charge in [0.1, 0.15) is 12.4 Å². The molecule has 0 aliphatic carbocycles. The Morgan fingerprint density at radius 1 is 1.33 bits per heavy atom. The van der Waals surface area contributed by atoms with E-state index < -0.39 is 11.9 Å². The van der Waals surface area contributed by atoms with Crippen LogP contribution in [0.3, 0.4) is 0 Å². The number of likely N-dealkylation sites (tertiary alicyclic amines) is 1. The molecule has 1 fully saturated rings. The SMILES string of the molecule is C[C@@H]1CN(C(=O)NC2COc3ccccc32)C[C@H]1C(=O)O. The lowest BCUT2D eigenvalue weighted by atomic mass is 9.99. The average molecular weight is 290 g/mol. The van der Waals surface area contributed by atoms with Gasteiger partial charge in [0.25, 0.3) is 0 Å². The van der Waals surface area contributed by atoms with E-state index in [1.807, 2.05) is 31.2 Å². The predicted molar refractivity (Wildman–Crippen MR) is 75.1 cm³/mol. The number of amides is 2. The summed E-state index contributed by atoms with van der Waals surface area (Å²) in [6, 6.07) is 7.21. The van der Waals surface area contributed by atoms with E-state index in [0.717, 1.165) is 11.3 Å². The van der Waals surface area contributed by atoms with Gasteiger partial charge in [-0.15, -0.1) is 0 Å². The van der Waals surface area contributed by atoms with Gasteiger partial charge < -0.3 is 20.1 Å². The summed E-state index contributed by atoms with van der Waals surface area (Å²) in [4.78, 5) is 25.0. The lowest BCUT2D eigenvalue weighted by molar-refractivity contribution is -0.142. The number of nitrogens with one attached hydrogen (secondary N) is 1. The van der Waals surface area contributed by atoms with E-state index >= 15 is 0 Å². The molecule has 2 amide bonds. The summed E-state index contributed by atoms with van der Waals surface area (Å²) in [6.07, 6.45) is 0. The van der Waals surface area contributed by atoms with Crippen LogP contribution in [0.15, 0.2) is 24.3 Å². The lowest BCUT2D eigenvalue weighted by Gasteiger charge is -2.20. The van der Waals surface area contributed by atoms with Gasteiger partial charge in [0, 0.05) is 18.7 Å². The Morgan fingerprint density at radius 2 is 2.10 bits per heavy atom. The third kappa shape index (κ3) is 2.53.